The normalized spacial score (nSPS) is 12.6. The van der Waals surface area contributed by atoms with Crippen LogP contribution < -0.4 is 10.1 Å². The molecule has 1 atom stereocenters. The van der Waals surface area contributed by atoms with E-state index in [-0.39, 0.29) is 5.75 Å². The molecule has 0 amide bonds. The average Bonchev–Trinajstić information content (AvgIpc) is 2.88. The Kier molecular flexibility index (Phi) is 6.31. The highest BCUT2D eigenvalue weighted by Gasteiger charge is 2.12. The maximum absolute atomic E-state index is 12.4. The topological polar surface area (TPSA) is 39.1 Å². The zero-order valence-electron chi connectivity index (χ0n) is 14.6. The van der Waals surface area contributed by atoms with Gasteiger partial charge in [0.25, 0.3) is 0 Å². The van der Waals surface area contributed by atoms with Gasteiger partial charge in [0, 0.05) is 25.5 Å². The number of hydrogen-bond donors (Lipinski definition) is 1. The van der Waals surface area contributed by atoms with Gasteiger partial charge in [-0.3, -0.25) is 0 Å². The van der Waals surface area contributed by atoms with Crippen LogP contribution in [0.2, 0.25) is 0 Å². The minimum absolute atomic E-state index is 0.276. The summed E-state index contributed by atoms with van der Waals surface area (Å²) in [4.78, 5) is 4.22. The molecule has 0 spiro atoms. The number of nitrogens with zero attached hydrogens (tertiary/aromatic N) is 2. The minimum Gasteiger partial charge on any atom is -0.434 e. The van der Waals surface area contributed by atoms with Gasteiger partial charge in [-0.15, -0.1) is 0 Å². The molecule has 1 heterocycles. The molecule has 1 aromatic heterocycles. The SMILES string of the molecule is Cc1cc(CNCC(C)Cn2ccnc2C)cc(C)c1OC(F)F. The van der Waals surface area contributed by atoms with E-state index in [1.165, 1.54) is 0 Å². The summed E-state index contributed by atoms with van der Waals surface area (Å²) >= 11 is 0. The predicted molar refractivity (Wildman–Crippen MR) is 90.4 cm³/mol. The van der Waals surface area contributed by atoms with E-state index in [1.807, 2.05) is 31.5 Å². The smallest absolute Gasteiger partial charge is 0.387 e. The summed E-state index contributed by atoms with van der Waals surface area (Å²) in [5.41, 5.74) is 2.53. The fraction of sp³-hybridized carbons (Fsp3) is 0.500. The molecule has 4 nitrogen and oxygen atoms in total. The van der Waals surface area contributed by atoms with Gasteiger partial charge in [0.2, 0.25) is 0 Å². The lowest BCUT2D eigenvalue weighted by atomic mass is 10.1. The summed E-state index contributed by atoms with van der Waals surface area (Å²) in [6.07, 6.45) is 3.80. The van der Waals surface area contributed by atoms with Crippen molar-refractivity contribution in [2.75, 3.05) is 6.54 Å². The molecule has 1 N–H and O–H groups in total. The van der Waals surface area contributed by atoms with Gasteiger partial charge in [-0.05, 0) is 49.9 Å². The van der Waals surface area contributed by atoms with Crippen molar-refractivity contribution >= 4 is 0 Å². The second-order valence-corrected chi connectivity index (χ2v) is 6.30. The fourth-order valence-electron chi connectivity index (χ4n) is 2.88. The number of alkyl halides is 2. The Morgan fingerprint density at radius 1 is 1.21 bits per heavy atom. The minimum atomic E-state index is -2.79. The number of aromatic nitrogens is 2. The summed E-state index contributed by atoms with van der Waals surface area (Å²) in [7, 11) is 0. The van der Waals surface area contributed by atoms with E-state index < -0.39 is 6.61 Å². The Balaban J connectivity index is 1.87. The highest BCUT2D eigenvalue weighted by molar-refractivity contribution is 5.43. The number of nitrogens with one attached hydrogen (secondary N) is 1. The van der Waals surface area contributed by atoms with E-state index in [4.69, 9.17) is 0 Å². The van der Waals surface area contributed by atoms with E-state index in [0.29, 0.717) is 12.5 Å². The largest absolute Gasteiger partial charge is 0.434 e. The molecule has 1 aromatic carbocycles. The number of halogens is 2. The van der Waals surface area contributed by atoms with Gasteiger partial charge in [-0.1, -0.05) is 19.1 Å². The van der Waals surface area contributed by atoms with Crippen LogP contribution in [0, 0.1) is 26.7 Å². The fourth-order valence-corrected chi connectivity index (χ4v) is 2.88. The van der Waals surface area contributed by atoms with Crippen molar-refractivity contribution in [2.45, 2.75) is 47.4 Å². The molecule has 0 aliphatic heterocycles. The molecule has 0 saturated carbocycles. The maximum atomic E-state index is 12.4. The average molecular weight is 337 g/mol. The number of imidazole rings is 1. The zero-order chi connectivity index (χ0) is 17.7. The van der Waals surface area contributed by atoms with Crippen LogP contribution in [0.4, 0.5) is 8.78 Å². The van der Waals surface area contributed by atoms with Gasteiger partial charge in [0.1, 0.15) is 11.6 Å². The van der Waals surface area contributed by atoms with E-state index in [1.54, 1.807) is 13.8 Å². The number of aryl methyl sites for hydroxylation is 3. The highest BCUT2D eigenvalue weighted by atomic mass is 19.3. The van der Waals surface area contributed by atoms with Crippen molar-refractivity contribution in [1.29, 1.82) is 0 Å². The number of rotatable bonds is 8. The van der Waals surface area contributed by atoms with Crippen LogP contribution in [0.15, 0.2) is 24.5 Å². The van der Waals surface area contributed by atoms with Crippen LogP contribution in [0.25, 0.3) is 0 Å². The summed E-state index contributed by atoms with van der Waals surface area (Å²) < 4.78 is 31.5. The monoisotopic (exact) mass is 337 g/mol. The third kappa shape index (κ3) is 5.03. The van der Waals surface area contributed by atoms with Crippen LogP contribution in [-0.4, -0.2) is 22.7 Å². The lowest BCUT2D eigenvalue weighted by Gasteiger charge is -2.16. The number of hydrogen-bond acceptors (Lipinski definition) is 3. The Hall–Kier alpha value is -1.95. The van der Waals surface area contributed by atoms with Crippen LogP contribution in [0.5, 0.6) is 5.75 Å². The van der Waals surface area contributed by atoms with Gasteiger partial charge in [0.05, 0.1) is 0 Å². The Bertz CT molecular complexity index is 647. The van der Waals surface area contributed by atoms with Crippen molar-refractivity contribution in [1.82, 2.24) is 14.9 Å². The molecule has 0 saturated heterocycles. The predicted octanol–water partition coefficient (Wildman–Crippen LogP) is 3.84. The van der Waals surface area contributed by atoms with Gasteiger partial charge in [-0.2, -0.15) is 8.78 Å². The second-order valence-electron chi connectivity index (χ2n) is 6.30. The third-order valence-electron chi connectivity index (χ3n) is 3.98. The van der Waals surface area contributed by atoms with Gasteiger partial charge >= 0.3 is 6.61 Å². The molecule has 132 valence electrons. The molecule has 0 aliphatic rings. The van der Waals surface area contributed by atoms with Crippen molar-refractivity contribution in [3.8, 4) is 5.75 Å². The number of ether oxygens (including phenoxy) is 1. The summed E-state index contributed by atoms with van der Waals surface area (Å²) in [5.74, 6) is 1.75. The number of benzene rings is 1. The first-order valence-corrected chi connectivity index (χ1v) is 8.10. The van der Waals surface area contributed by atoms with Crippen LogP contribution in [-0.2, 0) is 13.1 Å². The van der Waals surface area contributed by atoms with Crippen molar-refractivity contribution in [2.24, 2.45) is 5.92 Å². The highest BCUT2D eigenvalue weighted by Crippen LogP contribution is 2.26. The van der Waals surface area contributed by atoms with Gasteiger partial charge < -0.3 is 14.6 Å². The van der Waals surface area contributed by atoms with E-state index in [9.17, 15) is 8.78 Å². The second kappa shape index (κ2) is 8.24. The van der Waals surface area contributed by atoms with E-state index in [0.717, 1.165) is 35.6 Å². The molecule has 24 heavy (non-hydrogen) atoms. The lowest BCUT2D eigenvalue weighted by Crippen LogP contribution is -2.24. The van der Waals surface area contributed by atoms with Gasteiger partial charge in [-0.25, -0.2) is 4.98 Å². The Labute approximate surface area is 141 Å². The van der Waals surface area contributed by atoms with Crippen LogP contribution >= 0.6 is 0 Å². The summed E-state index contributed by atoms with van der Waals surface area (Å²) in [5, 5.41) is 3.43. The van der Waals surface area contributed by atoms with E-state index in [2.05, 4.69) is 26.5 Å². The Morgan fingerprint density at radius 2 is 1.88 bits per heavy atom. The molecular weight excluding hydrogens is 312 g/mol. The standard InChI is InChI=1S/C18H25F2N3O/c1-12(11-23-6-5-22-15(23)4)9-21-10-16-7-13(2)17(14(3)8-16)24-18(19)20/h5-8,12,18,21H,9-11H2,1-4H3. The van der Waals surface area contributed by atoms with Crippen LogP contribution in [0.1, 0.15) is 29.4 Å². The molecule has 2 rings (SSSR count). The lowest BCUT2D eigenvalue weighted by molar-refractivity contribution is -0.0507. The third-order valence-corrected chi connectivity index (χ3v) is 3.98. The molecule has 0 radical (unpaired) electrons. The molecule has 0 bridgehead atoms. The Morgan fingerprint density at radius 3 is 2.42 bits per heavy atom. The van der Waals surface area contributed by atoms with Crippen molar-refractivity contribution in [3.05, 3.63) is 47.0 Å². The summed E-state index contributed by atoms with van der Waals surface area (Å²) in [6, 6.07) is 3.78. The molecule has 2 aromatic rings. The molecular formula is C18H25F2N3O. The van der Waals surface area contributed by atoms with Crippen molar-refractivity contribution in [3.63, 3.8) is 0 Å². The molecule has 1 unspecified atom stereocenters. The quantitative estimate of drug-likeness (QED) is 0.795. The van der Waals surface area contributed by atoms with E-state index >= 15 is 0 Å². The molecule has 0 fully saturated rings. The molecule has 6 heteroatoms. The first kappa shape index (κ1) is 18.4. The maximum Gasteiger partial charge on any atom is 0.387 e. The van der Waals surface area contributed by atoms with Crippen LogP contribution in [0.3, 0.4) is 0 Å². The zero-order valence-corrected chi connectivity index (χ0v) is 14.6. The first-order valence-electron chi connectivity index (χ1n) is 8.10. The summed E-state index contributed by atoms with van der Waals surface area (Å²) in [6.45, 7) is 7.44. The van der Waals surface area contributed by atoms with Crippen molar-refractivity contribution < 1.29 is 13.5 Å². The first-order chi connectivity index (χ1) is 11.4. The molecule has 0 aliphatic carbocycles. The van der Waals surface area contributed by atoms with Gasteiger partial charge in [0.15, 0.2) is 0 Å².